The minimum atomic E-state index is -0.888. The zero-order chi connectivity index (χ0) is 11.9. The fourth-order valence-corrected chi connectivity index (χ4v) is 2.52. The number of hydrogen-bond acceptors (Lipinski definition) is 2. The molecule has 1 saturated carbocycles. The Balaban J connectivity index is 2.59. The molecule has 86 valence electrons. The van der Waals surface area contributed by atoms with Gasteiger partial charge >= 0.3 is 5.97 Å². The molecule has 1 aliphatic carbocycles. The third-order valence-corrected chi connectivity index (χ3v) is 3.87. The number of benzene rings is 1. The van der Waals surface area contributed by atoms with E-state index in [1.807, 2.05) is 0 Å². The van der Waals surface area contributed by atoms with E-state index in [1.54, 1.807) is 13.0 Å². The van der Waals surface area contributed by atoms with Gasteiger partial charge in [0.2, 0.25) is 0 Å². The summed E-state index contributed by atoms with van der Waals surface area (Å²) in [5.41, 5.74) is 0.371. The summed E-state index contributed by atoms with van der Waals surface area (Å²) >= 11 is 6.13. The van der Waals surface area contributed by atoms with Crippen molar-refractivity contribution in [3.05, 3.63) is 28.3 Å². The van der Waals surface area contributed by atoms with Crippen LogP contribution in [0, 0.1) is 6.92 Å². The molecule has 0 aliphatic heterocycles. The van der Waals surface area contributed by atoms with Crippen LogP contribution in [0.1, 0.15) is 30.4 Å². The van der Waals surface area contributed by atoms with E-state index in [0.29, 0.717) is 29.0 Å². The maximum Gasteiger partial charge on any atom is 0.314 e. The van der Waals surface area contributed by atoms with Crippen molar-refractivity contribution in [2.75, 3.05) is 0 Å². The molecule has 1 aromatic carbocycles. The lowest BCUT2D eigenvalue weighted by molar-refractivity contribution is -0.147. The Morgan fingerprint density at radius 3 is 2.50 bits per heavy atom. The minimum Gasteiger partial charge on any atom is -0.508 e. The molecule has 3 nitrogen and oxygen atoms in total. The van der Waals surface area contributed by atoms with E-state index >= 15 is 0 Å². The second kappa shape index (κ2) is 3.67. The van der Waals surface area contributed by atoms with Crippen molar-refractivity contribution in [2.45, 2.75) is 31.6 Å². The number of phenols is 1. The van der Waals surface area contributed by atoms with Gasteiger partial charge in [0.25, 0.3) is 0 Å². The molecule has 2 N–H and O–H groups in total. The van der Waals surface area contributed by atoms with E-state index in [4.69, 9.17) is 11.6 Å². The highest BCUT2D eigenvalue weighted by atomic mass is 35.5. The van der Waals surface area contributed by atoms with E-state index in [9.17, 15) is 15.0 Å². The van der Waals surface area contributed by atoms with Crippen molar-refractivity contribution >= 4 is 17.6 Å². The Labute approximate surface area is 98.7 Å². The number of carboxylic acids is 1. The van der Waals surface area contributed by atoms with Crippen LogP contribution in [-0.4, -0.2) is 16.2 Å². The van der Waals surface area contributed by atoms with Crippen molar-refractivity contribution in [1.29, 1.82) is 0 Å². The summed E-state index contributed by atoms with van der Waals surface area (Å²) in [5.74, 6) is -0.782. The predicted octanol–water partition coefficient (Wildman–Crippen LogP) is 2.86. The zero-order valence-electron chi connectivity index (χ0n) is 8.96. The van der Waals surface area contributed by atoms with Gasteiger partial charge in [-0.1, -0.05) is 18.0 Å². The number of phenolic OH excluding ortho intramolecular Hbond substituents is 1. The summed E-state index contributed by atoms with van der Waals surface area (Å²) in [6.07, 6.45) is 2.06. The van der Waals surface area contributed by atoms with Gasteiger partial charge in [-0.2, -0.15) is 0 Å². The second-order valence-corrected chi connectivity index (χ2v) is 4.74. The Kier molecular flexibility index (Phi) is 2.58. The predicted molar refractivity (Wildman–Crippen MR) is 61.0 cm³/mol. The molecule has 0 atom stereocenters. The van der Waals surface area contributed by atoms with Gasteiger partial charge in [-0.15, -0.1) is 0 Å². The average Bonchev–Trinajstić information content (AvgIpc) is 2.10. The van der Waals surface area contributed by atoms with Gasteiger partial charge in [0, 0.05) is 5.02 Å². The molecule has 1 fully saturated rings. The monoisotopic (exact) mass is 240 g/mol. The first-order valence-electron chi connectivity index (χ1n) is 5.20. The Morgan fingerprint density at radius 1 is 1.44 bits per heavy atom. The van der Waals surface area contributed by atoms with Crippen LogP contribution in [0.2, 0.25) is 5.02 Å². The molecule has 1 aromatic rings. The molecule has 0 spiro atoms. The van der Waals surface area contributed by atoms with E-state index in [-0.39, 0.29) is 5.75 Å². The van der Waals surface area contributed by atoms with Gasteiger partial charge < -0.3 is 10.2 Å². The molecule has 0 heterocycles. The number of aromatic hydroxyl groups is 1. The van der Waals surface area contributed by atoms with Gasteiger partial charge in [-0.25, -0.2) is 0 Å². The van der Waals surface area contributed by atoms with Crippen LogP contribution < -0.4 is 0 Å². The van der Waals surface area contributed by atoms with Crippen LogP contribution >= 0.6 is 11.6 Å². The van der Waals surface area contributed by atoms with Crippen LogP contribution in [0.4, 0.5) is 0 Å². The third kappa shape index (κ3) is 1.47. The van der Waals surface area contributed by atoms with Crippen molar-refractivity contribution in [1.82, 2.24) is 0 Å². The zero-order valence-corrected chi connectivity index (χ0v) is 9.71. The van der Waals surface area contributed by atoms with Gasteiger partial charge in [-0.3, -0.25) is 4.79 Å². The van der Waals surface area contributed by atoms with Crippen LogP contribution in [-0.2, 0) is 10.2 Å². The summed E-state index contributed by atoms with van der Waals surface area (Å²) in [6.45, 7) is 1.76. The smallest absolute Gasteiger partial charge is 0.314 e. The first kappa shape index (κ1) is 11.3. The van der Waals surface area contributed by atoms with E-state index in [2.05, 4.69) is 0 Å². The molecule has 0 unspecified atom stereocenters. The maximum absolute atomic E-state index is 11.3. The Morgan fingerprint density at radius 2 is 2.06 bits per heavy atom. The highest BCUT2D eigenvalue weighted by Gasteiger charge is 2.47. The normalized spacial score (nSPS) is 17.9. The minimum absolute atomic E-state index is 0.0735. The summed E-state index contributed by atoms with van der Waals surface area (Å²) < 4.78 is 0. The number of aliphatic carboxylic acids is 1. The standard InChI is InChI=1S/C12H13ClO3/c1-7-5-8(14)6-9(10(7)13)12(11(15)16)3-2-4-12/h5-6,14H,2-4H2,1H3,(H,15,16). The van der Waals surface area contributed by atoms with Crippen LogP contribution in [0.5, 0.6) is 5.75 Å². The summed E-state index contributed by atoms with van der Waals surface area (Å²) in [7, 11) is 0. The lowest BCUT2D eigenvalue weighted by atomic mass is 9.64. The first-order chi connectivity index (χ1) is 7.47. The Bertz CT molecular complexity index is 450. The molecule has 1 aliphatic rings. The lowest BCUT2D eigenvalue weighted by Crippen LogP contribution is -2.42. The second-order valence-electron chi connectivity index (χ2n) is 4.37. The van der Waals surface area contributed by atoms with E-state index < -0.39 is 11.4 Å². The molecule has 0 radical (unpaired) electrons. The van der Waals surface area contributed by atoms with Crippen molar-refractivity contribution in [2.24, 2.45) is 0 Å². The van der Waals surface area contributed by atoms with Gasteiger partial charge in [-0.05, 0) is 43.0 Å². The highest BCUT2D eigenvalue weighted by Crippen LogP contribution is 2.48. The molecule has 0 aromatic heterocycles. The first-order valence-corrected chi connectivity index (χ1v) is 5.58. The SMILES string of the molecule is Cc1cc(O)cc(C2(C(=O)O)CCC2)c1Cl. The summed E-state index contributed by atoms with van der Waals surface area (Å²) in [4.78, 5) is 11.3. The van der Waals surface area contributed by atoms with Gasteiger partial charge in [0.15, 0.2) is 0 Å². The molecule has 2 rings (SSSR count). The van der Waals surface area contributed by atoms with Gasteiger partial charge in [0.05, 0.1) is 5.41 Å². The third-order valence-electron chi connectivity index (χ3n) is 3.37. The number of aryl methyl sites for hydroxylation is 1. The summed E-state index contributed by atoms with van der Waals surface area (Å²) in [5, 5.41) is 19.3. The van der Waals surface area contributed by atoms with E-state index in [0.717, 1.165) is 6.42 Å². The molecule has 0 bridgehead atoms. The molecule has 4 heteroatoms. The van der Waals surface area contributed by atoms with Crippen molar-refractivity contribution < 1.29 is 15.0 Å². The molecular weight excluding hydrogens is 228 g/mol. The van der Waals surface area contributed by atoms with Crippen molar-refractivity contribution in [3.63, 3.8) is 0 Å². The lowest BCUT2D eigenvalue weighted by Gasteiger charge is -2.38. The summed E-state index contributed by atoms with van der Waals surface area (Å²) in [6, 6.07) is 3.02. The number of carboxylic acid groups (broad SMARTS) is 1. The number of hydrogen-bond donors (Lipinski definition) is 2. The van der Waals surface area contributed by atoms with Crippen LogP contribution in [0.3, 0.4) is 0 Å². The number of rotatable bonds is 2. The number of carbonyl (C=O) groups is 1. The quantitative estimate of drug-likeness (QED) is 0.836. The molecule has 0 amide bonds. The topological polar surface area (TPSA) is 57.5 Å². The van der Waals surface area contributed by atoms with E-state index in [1.165, 1.54) is 6.07 Å². The largest absolute Gasteiger partial charge is 0.508 e. The fraction of sp³-hybridized carbons (Fsp3) is 0.417. The van der Waals surface area contributed by atoms with Crippen molar-refractivity contribution in [3.8, 4) is 5.75 Å². The Hall–Kier alpha value is -1.22. The maximum atomic E-state index is 11.3. The fourth-order valence-electron chi connectivity index (χ4n) is 2.23. The van der Waals surface area contributed by atoms with Crippen LogP contribution in [0.25, 0.3) is 0 Å². The van der Waals surface area contributed by atoms with Crippen LogP contribution in [0.15, 0.2) is 12.1 Å². The average molecular weight is 241 g/mol. The van der Waals surface area contributed by atoms with Gasteiger partial charge in [0.1, 0.15) is 5.75 Å². The molecule has 16 heavy (non-hydrogen) atoms. The molecular formula is C12H13ClO3. The number of halogens is 1. The molecule has 0 saturated heterocycles. The highest BCUT2D eigenvalue weighted by molar-refractivity contribution is 6.32.